The average Bonchev–Trinajstić information content (AvgIpc) is 2.80. The minimum Gasteiger partial charge on any atom is -0.463 e. The molecule has 0 radical (unpaired) electrons. The van der Waals surface area contributed by atoms with Gasteiger partial charge in [0.2, 0.25) is 0 Å². The Morgan fingerprint density at radius 1 is 1.14 bits per heavy atom. The van der Waals surface area contributed by atoms with Crippen LogP contribution in [0.4, 0.5) is 5.69 Å². The summed E-state index contributed by atoms with van der Waals surface area (Å²) in [5.74, 6) is -0.875. The number of ether oxygens (including phenoxy) is 1. The molecule has 2 rings (SSSR count). The Morgan fingerprint density at radius 3 is 2.05 bits per heavy atom. The fraction of sp³-hybridized carbons (Fsp3) is 0.188. The highest BCUT2D eigenvalue weighted by Gasteiger charge is 2.24. The monoisotopic (exact) mass is 287 g/mol. The van der Waals surface area contributed by atoms with Crippen molar-refractivity contribution in [2.45, 2.75) is 13.8 Å². The summed E-state index contributed by atoms with van der Waals surface area (Å²) in [4.78, 5) is 34.0. The van der Waals surface area contributed by atoms with Crippen molar-refractivity contribution >= 4 is 23.5 Å². The van der Waals surface area contributed by atoms with E-state index in [1.54, 1.807) is 38.1 Å². The van der Waals surface area contributed by atoms with E-state index in [1.165, 1.54) is 12.2 Å². The maximum atomic E-state index is 11.2. The number of hydrogen-bond donors (Lipinski definition) is 0. The highest BCUT2D eigenvalue weighted by molar-refractivity contribution is 6.28. The first-order chi connectivity index (χ1) is 9.97. The van der Waals surface area contributed by atoms with Gasteiger partial charge in [-0.25, -0.2) is 9.69 Å². The first kappa shape index (κ1) is 16.4. The van der Waals surface area contributed by atoms with Crippen molar-refractivity contribution in [1.29, 1.82) is 0 Å². The summed E-state index contributed by atoms with van der Waals surface area (Å²) in [6.45, 7) is 7.21. The van der Waals surface area contributed by atoms with Crippen molar-refractivity contribution in [3.63, 3.8) is 0 Å². The Bertz CT molecular complexity index is 557. The molecule has 1 aliphatic rings. The molecule has 1 heterocycles. The number of benzene rings is 1. The van der Waals surface area contributed by atoms with Crippen molar-refractivity contribution in [3.05, 3.63) is 54.6 Å². The summed E-state index contributed by atoms with van der Waals surface area (Å²) >= 11 is 0. The van der Waals surface area contributed by atoms with Crippen LogP contribution in [-0.4, -0.2) is 24.4 Å². The van der Waals surface area contributed by atoms with E-state index in [1.807, 2.05) is 6.07 Å². The summed E-state index contributed by atoms with van der Waals surface area (Å²) in [6.07, 6.45) is 2.55. The Morgan fingerprint density at radius 2 is 1.67 bits per heavy atom. The van der Waals surface area contributed by atoms with Gasteiger partial charge < -0.3 is 4.74 Å². The lowest BCUT2D eigenvalue weighted by molar-refractivity contribution is -0.138. The Balaban J connectivity index is 0.000000240. The normalized spacial score (nSPS) is 12.8. The molecule has 5 heteroatoms. The second-order valence-corrected chi connectivity index (χ2v) is 4.18. The van der Waals surface area contributed by atoms with Crippen molar-refractivity contribution in [2.24, 2.45) is 0 Å². The lowest BCUT2D eigenvalue weighted by atomic mass is 10.3. The standard InChI is InChI=1S/C10H7NO2.C6H10O2/c12-9-6-7-10(13)11(9)8-4-2-1-3-5-8;1-4-8-6(7)5(2)3/h1-7H;2,4H2,1,3H3. The first-order valence-electron chi connectivity index (χ1n) is 6.41. The van der Waals surface area contributed by atoms with Gasteiger partial charge in [0, 0.05) is 17.7 Å². The molecule has 0 fully saturated rings. The quantitative estimate of drug-likeness (QED) is 0.486. The molecule has 110 valence electrons. The van der Waals surface area contributed by atoms with Crippen LogP contribution < -0.4 is 4.90 Å². The number of carbonyl (C=O) groups is 3. The second kappa shape index (κ2) is 7.79. The van der Waals surface area contributed by atoms with Gasteiger partial charge in [0.15, 0.2) is 0 Å². The Hall–Kier alpha value is -2.69. The molecule has 0 saturated heterocycles. The summed E-state index contributed by atoms with van der Waals surface area (Å²) in [5, 5.41) is 0. The molecule has 1 aliphatic heterocycles. The Kier molecular flexibility index (Phi) is 6.07. The SMILES string of the molecule is C=C(C)C(=O)OCC.O=C1C=CC(=O)N1c1ccccc1. The van der Waals surface area contributed by atoms with Gasteiger partial charge in [-0.2, -0.15) is 0 Å². The minimum absolute atomic E-state index is 0.281. The van der Waals surface area contributed by atoms with Crippen LogP contribution in [0.25, 0.3) is 0 Å². The van der Waals surface area contributed by atoms with E-state index in [0.29, 0.717) is 17.9 Å². The van der Waals surface area contributed by atoms with Gasteiger partial charge in [0.05, 0.1) is 12.3 Å². The minimum atomic E-state index is -0.312. The molecule has 0 saturated carbocycles. The van der Waals surface area contributed by atoms with Gasteiger partial charge in [-0.3, -0.25) is 9.59 Å². The molecule has 0 aliphatic carbocycles. The molecule has 0 aromatic heterocycles. The second-order valence-electron chi connectivity index (χ2n) is 4.18. The van der Waals surface area contributed by atoms with E-state index in [0.717, 1.165) is 4.90 Å². The number of hydrogen-bond acceptors (Lipinski definition) is 4. The largest absolute Gasteiger partial charge is 0.463 e. The van der Waals surface area contributed by atoms with Gasteiger partial charge in [0.1, 0.15) is 0 Å². The van der Waals surface area contributed by atoms with Crippen molar-refractivity contribution < 1.29 is 19.1 Å². The fourth-order valence-electron chi connectivity index (χ4n) is 1.49. The maximum Gasteiger partial charge on any atom is 0.333 e. The van der Waals surface area contributed by atoms with Gasteiger partial charge in [-0.1, -0.05) is 24.8 Å². The fourth-order valence-corrected chi connectivity index (χ4v) is 1.49. The van der Waals surface area contributed by atoms with Gasteiger partial charge in [0.25, 0.3) is 11.8 Å². The molecule has 1 aromatic carbocycles. The van der Waals surface area contributed by atoms with E-state index in [-0.39, 0.29) is 17.8 Å². The van der Waals surface area contributed by atoms with Crippen LogP contribution in [0.15, 0.2) is 54.6 Å². The number of nitrogens with zero attached hydrogens (tertiary/aromatic N) is 1. The van der Waals surface area contributed by atoms with E-state index in [4.69, 9.17) is 0 Å². The summed E-state index contributed by atoms with van der Waals surface area (Å²) in [5.41, 5.74) is 1.06. The van der Waals surface area contributed by atoms with E-state index >= 15 is 0 Å². The van der Waals surface area contributed by atoms with E-state index in [2.05, 4.69) is 11.3 Å². The average molecular weight is 287 g/mol. The van der Waals surface area contributed by atoms with Crippen molar-refractivity contribution in [3.8, 4) is 0 Å². The molecular formula is C16H17NO4. The maximum absolute atomic E-state index is 11.2. The molecule has 2 amide bonds. The molecular weight excluding hydrogens is 270 g/mol. The number of anilines is 1. The van der Waals surface area contributed by atoms with Gasteiger partial charge >= 0.3 is 5.97 Å². The zero-order valence-electron chi connectivity index (χ0n) is 12.0. The number of rotatable bonds is 3. The van der Waals surface area contributed by atoms with Crippen LogP contribution in [0.1, 0.15) is 13.8 Å². The van der Waals surface area contributed by atoms with Crippen molar-refractivity contribution in [1.82, 2.24) is 0 Å². The zero-order chi connectivity index (χ0) is 15.8. The topological polar surface area (TPSA) is 63.7 Å². The van der Waals surface area contributed by atoms with Crippen LogP contribution >= 0.6 is 0 Å². The van der Waals surface area contributed by atoms with Crippen LogP contribution in [0.2, 0.25) is 0 Å². The van der Waals surface area contributed by atoms with Crippen LogP contribution in [0.5, 0.6) is 0 Å². The summed E-state index contributed by atoms with van der Waals surface area (Å²) in [7, 11) is 0. The number of para-hydroxylation sites is 1. The van der Waals surface area contributed by atoms with E-state index < -0.39 is 0 Å². The predicted octanol–water partition coefficient (Wildman–Crippen LogP) is 2.24. The third-order valence-corrected chi connectivity index (χ3v) is 2.45. The van der Waals surface area contributed by atoms with Crippen LogP contribution in [-0.2, 0) is 19.1 Å². The van der Waals surface area contributed by atoms with Gasteiger partial charge in [-0.15, -0.1) is 0 Å². The zero-order valence-corrected chi connectivity index (χ0v) is 12.0. The highest BCUT2D eigenvalue weighted by Crippen LogP contribution is 2.17. The molecule has 0 spiro atoms. The van der Waals surface area contributed by atoms with Crippen LogP contribution in [0.3, 0.4) is 0 Å². The molecule has 5 nitrogen and oxygen atoms in total. The highest BCUT2D eigenvalue weighted by atomic mass is 16.5. The number of amides is 2. The van der Waals surface area contributed by atoms with Gasteiger partial charge in [-0.05, 0) is 26.0 Å². The number of carbonyl (C=O) groups excluding carboxylic acids is 3. The van der Waals surface area contributed by atoms with Crippen LogP contribution in [0, 0.1) is 0 Å². The molecule has 21 heavy (non-hydrogen) atoms. The number of esters is 1. The lowest BCUT2D eigenvalue weighted by Gasteiger charge is -2.12. The number of imide groups is 1. The third kappa shape index (κ3) is 4.72. The van der Waals surface area contributed by atoms with Crippen molar-refractivity contribution in [2.75, 3.05) is 11.5 Å². The van der Waals surface area contributed by atoms with E-state index in [9.17, 15) is 14.4 Å². The molecule has 0 bridgehead atoms. The third-order valence-electron chi connectivity index (χ3n) is 2.45. The smallest absolute Gasteiger partial charge is 0.333 e. The molecule has 0 unspecified atom stereocenters. The molecule has 1 aromatic rings. The molecule has 0 atom stereocenters. The summed E-state index contributed by atoms with van der Waals surface area (Å²) < 4.78 is 4.56. The predicted molar refractivity (Wildman–Crippen MR) is 79.5 cm³/mol. The summed E-state index contributed by atoms with van der Waals surface area (Å²) in [6, 6.07) is 8.86. The Labute approximate surface area is 123 Å². The lowest BCUT2D eigenvalue weighted by Crippen LogP contribution is -2.29. The first-order valence-corrected chi connectivity index (χ1v) is 6.41. The molecule has 0 N–H and O–H groups in total.